The van der Waals surface area contributed by atoms with Gasteiger partial charge in [-0.05, 0) is 130 Å². The smallest absolute Gasteiger partial charge is 0.465 e. The number of nitrogens with one attached hydrogen (secondary N) is 1. The average molecular weight is 831 g/mol. The van der Waals surface area contributed by atoms with Crippen LogP contribution >= 0.6 is 19.6 Å². The molecule has 5 atom stereocenters. The van der Waals surface area contributed by atoms with E-state index in [4.69, 9.17) is 10.5 Å². The van der Waals surface area contributed by atoms with Gasteiger partial charge in [-0.2, -0.15) is 0 Å². The molecule has 17 heteroatoms. The molecular formula is C39H57F4N5O6PS+. The maximum Gasteiger partial charge on any atom is 0.526 e. The van der Waals surface area contributed by atoms with Crippen molar-refractivity contribution >= 4 is 47.9 Å². The Kier molecular flexibility index (Phi) is 21.2. The summed E-state index contributed by atoms with van der Waals surface area (Å²) in [6.07, 6.45) is 5.65. The molecule has 312 valence electrons. The van der Waals surface area contributed by atoms with Gasteiger partial charge in [0.1, 0.15) is 18.2 Å². The average Bonchev–Trinajstić information content (AvgIpc) is 3.45. The first-order valence-electron chi connectivity index (χ1n) is 18.9. The third-order valence-corrected chi connectivity index (χ3v) is 11.9. The normalized spacial score (nSPS) is 19.2. The maximum atomic E-state index is 14.9. The van der Waals surface area contributed by atoms with E-state index in [1.165, 1.54) is 81.6 Å². The Morgan fingerprint density at radius 3 is 2.30 bits per heavy atom. The number of fused-ring (bicyclic) bond motifs is 1. The van der Waals surface area contributed by atoms with Crippen molar-refractivity contribution in [1.29, 1.82) is 0 Å². The maximum absolute atomic E-state index is 14.9. The van der Waals surface area contributed by atoms with Crippen molar-refractivity contribution < 1.29 is 46.0 Å². The summed E-state index contributed by atoms with van der Waals surface area (Å²) < 4.78 is 63.5. The minimum absolute atomic E-state index is 0.0268. The standard InChI is InChI=1S/C16H17F4N2O4PS.C9H11N2O.C7H12O.C5H11N.C2H6/c1-3-25-15(24)8(2)22-27(26-16(18,19)20)13(17)9-4-5-11-10(6-9)7-12(28-11)14(21)23;1-7-2-3-10-4-9(7)8-5-11(12)6-8;1-6-5-7(6)3-2-4-8;1-6-4-2-3-5-6;1-2/h4-8,13,22H,3H2,1-2H3,(H2,21,23);2-4,8H,5-6H2,1H3;4,6-7H,2-3,5H2,1H3;2-5H2,1H3;1-2H3/q;+1;;;. The van der Waals surface area contributed by atoms with Crippen molar-refractivity contribution in [3.63, 3.8) is 0 Å². The highest BCUT2D eigenvalue weighted by atomic mass is 32.1. The van der Waals surface area contributed by atoms with Crippen LogP contribution in [0.15, 0.2) is 42.7 Å². The number of ether oxygens (including phenoxy) is 1. The van der Waals surface area contributed by atoms with Crippen LogP contribution in [0.2, 0.25) is 0 Å². The number of nitrogens with zero attached hydrogens (tertiary/aromatic N) is 3. The number of pyridine rings is 1. The van der Waals surface area contributed by atoms with Crippen LogP contribution in [-0.2, 0) is 18.8 Å². The molecule has 0 spiro atoms. The van der Waals surface area contributed by atoms with Crippen molar-refractivity contribution in [3.8, 4) is 0 Å². The molecule has 0 radical (unpaired) electrons. The van der Waals surface area contributed by atoms with Crippen LogP contribution in [0.25, 0.3) is 10.1 Å². The van der Waals surface area contributed by atoms with Crippen LogP contribution < -0.4 is 10.8 Å². The van der Waals surface area contributed by atoms with E-state index in [0.29, 0.717) is 29.1 Å². The minimum atomic E-state index is -5.11. The second kappa shape index (κ2) is 24.4. The molecule has 1 saturated carbocycles. The summed E-state index contributed by atoms with van der Waals surface area (Å²) in [5.74, 6) is -1.47. The van der Waals surface area contributed by atoms with Crippen LogP contribution in [0.3, 0.4) is 0 Å². The third-order valence-electron chi connectivity index (χ3n) is 9.06. The molecule has 2 saturated heterocycles. The molecule has 56 heavy (non-hydrogen) atoms. The molecule has 5 unspecified atom stereocenters. The number of benzene rings is 1. The van der Waals surface area contributed by atoms with Crippen molar-refractivity contribution in [2.75, 3.05) is 39.8 Å². The van der Waals surface area contributed by atoms with Crippen molar-refractivity contribution in [2.24, 2.45) is 17.6 Å². The Morgan fingerprint density at radius 2 is 1.82 bits per heavy atom. The van der Waals surface area contributed by atoms with Crippen LogP contribution in [0.4, 0.5) is 17.6 Å². The molecule has 6 rings (SSSR count). The molecule has 3 aliphatic rings. The van der Waals surface area contributed by atoms with Crippen molar-refractivity contribution in [3.05, 3.63) is 69.2 Å². The van der Waals surface area contributed by atoms with E-state index in [9.17, 15) is 36.9 Å². The minimum Gasteiger partial charge on any atom is -0.465 e. The first-order valence-corrected chi connectivity index (χ1v) is 21.1. The van der Waals surface area contributed by atoms with Gasteiger partial charge in [-0.25, -0.2) is 8.91 Å². The van der Waals surface area contributed by atoms with E-state index in [1.807, 2.05) is 26.1 Å². The fraction of sp³-hybridized carbons (Fsp3) is 0.590. The third kappa shape index (κ3) is 17.0. The molecule has 1 amide bonds. The van der Waals surface area contributed by atoms with Crippen molar-refractivity contribution in [2.45, 2.75) is 97.9 Å². The molecule has 1 aliphatic carbocycles. The van der Waals surface area contributed by atoms with Gasteiger partial charge < -0.3 is 20.2 Å². The summed E-state index contributed by atoms with van der Waals surface area (Å²) in [6.45, 7) is 15.0. The fourth-order valence-electron chi connectivity index (χ4n) is 5.72. The number of esters is 1. The lowest BCUT2D eigenvalue weighted by molar-refractivity contribution is -0.611. The van der Waals surface area contributed by atoms with Crippen LogP contribution in [0, 0.1) is 23.7 Å². The lowest BCUT2D eigenvalue weighted by atomic mass is 9.92. The number of thiophene rings is 1. The summed E-state index contributed by atoms with van der Waals surface area (Å²) >= 11 is 1.08. The van der Waals surface area contributed by atoms with E-state index < -0.39 is 38.5 Å². The molecule has 1 aromatic carbocycles. The number of aryl methyl sites for hydroxylation is 1. The zero-order valence-corrected chi connectivity index (χ0v) is 35.0. The van der Waals surface area contributed by atoms with Crippen LogP contribution in [0.1, 0.15) is 105 Å². The Morgan fingerprint density at radius 1 is 1.18 bits per heavy atom. The Hall–Kier alpha value is -3.43. The summed E-state index contributed by atoms with van der Waals surface area (Å²) in [5, 5.41) is 2.69. The number of amides is 1. The molecule has 2 aromatic heterocycles. The van der Waals surface area contributed by atoms with Gasteiger partial charge in [0.2, 0.25) is 13.1 Å². The number of nitroso groups, excluding NO2 is 1. The highest BCUT2D eigenvalue weighted by Gasteiger charge is 2.40. The van der Waals surface area contributed by atoms with Gasteiger partial charge in [-0.1, -0.05) is 26.8 Å². The highest BCUT2D eigenvalue weighted by molar-refractivity contribution is 7.50. The number of carbonyl (C=O) groups is 3. The van der Waals surface area contributed by atoms with E-state index in [-0.39, 0.29) is 17.0 Å². The molecule has 4 heterocycles. The molecule has 0 bridgehead atoms. The molecular weight excluding hydrogens is 773 g/mol. The number of halogens is 4. The zero-order chi connectivity index (χ0) is 42.0. The molecule has 11 nitrogen and oxygen atoms in total. The first-order chi connectivity index (χ1) is 26.5. The molecule has 3 aromatic rings. The Labute approximate surface area is 332 Å². The van der Waals surface area contributed by atoms with Crippen LogP contribution in [-0.4, -0.2) is 85.0 Å². The van der Waals surface area contributed by atoms with E-state index in [0.717, 1.165) is 47.1 Å². The van der Waals surface area contributed by atoms with Gasteiger partial charge in [-0.3, -0.25) is 19.7 Å². The number of aromatic nitrogens is 1. The van der Waals surface area contributed by atoms with Crippen molar-refractivity contribution in [1.82, 2.24) is 15.0 Å². The second-order valence-electron chi connectivity index (χ2n) is 13.6. The van der Waals surface area contributed by atoms with Gasteiger partial charge in [-0.15, -0.1) is 24.5 Å². The number of rotatable bonds is 12. The summed E-state index contributed by atoms with van der Waals surface area (Å²) in [5.41, 5.74) is 7.57. The number of carbonyl (C=O) groups excluding carboxylic acids is 3. The summed E-state index contributed by atoms with van der Waals surface area (Å²) in [6, 6.07) is 6.29. The Bertz CT molecular complexity index is 1680. The SMILES string of the molecule is CC.CC1CC1CCC=O.CCOC(=O)C(C)NP(OC(F)(F)F)C(F)c1ccc2sc(C(N)=O)cc2c1.CN1CCCC1.Cc1ccncc1C1C[N+](=O)C1. The summed E-state index contributed by atoms with van der Waals surface area (Å²) in [4.78, 5) is 50.1. The van der Waals surface area contributed by atoms with Gasteiger partial charge >= 0.3 is 12.3 Å². The predicted octanol–water partition coefficient (Wildman–Crippen LogP) is 8.98. The molecule has 2 aliphatic heterocycles. The number of hydrogen-bond donors (Lipinski definition) is 2. The van der Waals surface area contributed by atoms with Gasteiger partial charge in [0.25, 0.3) is 5.91 Å². The number of primary amides is 1. The summed E-state index contributed by atoms with van der Waals surface area (Å²) in [7, 11) is -0.787. The zero-order valence-electron chi connectivity index (χ0n) is 33.3. The number of nitrogens with two attached hydrogens (primary N) is 1. The monoisotopic (exact) mass is 830 g/mol. The van der Waals surface area contributed by atoms with Gasteiger partial charge in [0, 0.05) is 28.4 Å². The molecule has 3 fully saturated rings. The molecule has 3 N–H and O–H groups in total. The number of likely N-dealkylation sites (tertiary alicyclic amines) is 1. The second-order valence-corrected chi connectivity index (χ2v) is 16.2. The van der Waals surface area contributed by atoms with Gasteiger partial charge in [0.05, 0.1) is 11.5 Å². The first kappa shape index (κ1) is 48.7. The van der Waals surface area contributed by atoms with E-state index in [2.05, 4.69) is 40.4 Å². The lowest BCUT2D eigenvalue weighted by Crippen LogP contribution is -2.35. The number of aldehydes is 1. The fourth-order valence-corrected chi connectivity index (χ4v) is 8.04. The van der Waals surface area contributed by atoms with Gasteiger partial charge in [0.15, 0.2) is 14.2 Å². The van der Waals surface area contributed by atoms with E-state index in [1.54, 1.807) is 6.20 Å². The largest absolute Gasteiger partial charge is 0.526 e. The topological polar surface area (TPSA) is 144 Å². The quantitative estimate of drug-likeness (QED) is 0.0601. The Balaban J connectivity index is 0.000000311. The number of alkyl halides is 4. The lowest BCUT2D eigenvalue weighted by Gasteiger charge is -2.25. The highest BCUT2D eigenvalue weighted by Crippen LogP contribution is 2.54. The number of hydrogen-bond acceptors (Lipinski definition) is 10. The van der Waals surface area contributed by atoms with Crippen LogP contribution in [0.5, 0.6) is 0 Å². The predicted molar refractivity (Wildman–Crippen MR) is 213 cm³/mol. The van der Waals surface area contributed by atoms with E-state index >= 15 is 0 Å².